The number of imidazole rings is 1. The quantitative estimate of drug-likeness (QED) is 0.826. The van der Waals surface area contributed by atoms with E-state index in [-0.39, 0.29) is 6.04 Å². The summed E-state index contributed by atoms with van der Waals surface area (Å²) in [5, 5.41) is 0. The molecule has 0 saturated heterocycles. The average Bonchev–Trinajstić information content (AvgIpc) is 2.77. The van der Waals surface area contributed by atoms with Crippen LogP contribution in [0.1, 0.15) is 44.8 Å². The lowest BCUT2D eigenvalue weighted by molar-refractivity contribution is 0.357. The number of rotatable bonds is 3. The molecule has 3 atom stereocenters. The molecule has 2 N–H and O–H groups in total. The van der Waals surface area contributed by atoms with Crippen LogP contribution in [0.5, 0.6) is 0 Å². The summed E-state index contributed by atoms with van der Waals surface area (Å²) < 4.78 is 2.23. The molecule has 0 bridgehead atoms. The summed E-state index contributed by atoms with van der Waals surface area (Å²) >= 11 is 0. The minimum Gasteiger partial charge on any atom is -0.333 e. The Morgan fingerprint density at radius 2 is 2.40 bits per heavy atom. The van der Waals surface area contributed by atoms with Gasteiger partial charge in [0.1, 0.15) is 0 Å². The molecule has 1 aliphatic carbocycles. The number of hydrogen-bond donors (Lipinski definition) is 1. The smallest absolute Gasteiger partial charge is 0.0948 e. The van der Waals surface area contributed by atoms with E-state index in [0.29, 0.717) is 0 Å². The third-order valence-electron chi connectivity index (χ3n) is 3.68. The molecule has 1 fully saturated rings. The first kappa shape index (κ1) is 10.7. The molecule has 2 unspecified atom stereocenters. The van der Waals surface area contributed by atoms with Crippen LogP contribution in [0.3, 0.4) is 0 Å². The molecular formula is C12H21N3. The molecule has 0 spiro atoms. The molecule has 15 heavy (non-hydrogen) atoms. The lowest BCUT2D eigenvalue weighted by atomic mass is 9.98. The predicted molar refractivity (Wildman–Crippen MR) is 61.3 cm³/mol. The highest BCUT2D eigenvalue weighted by Gasteiger charge is 2.24. The molecule has 0 aromatic carbocycles. The van der Waals surface area contributed by atoms with Gasteiger partial charge in [0.15, 0.2) is 0 Å². The van der Waals surface area contributed by atoms with Crippen LogP contribution in [0.15, 0.2) is 12.5 Å². The van der Waals surface area contributed by atoms with Crippen molar-refractivity contribution in [2.75, 3.05) is 0 Å². The van der Waals surface area contributed by atoms with Crippen molar-refractivity contribution >= 4 is 0 Å². The van der Waals surface area contributed by atoms with E-state index < -0.39 is 0 Å². The Hall–Kier alpha value is -0.830. The zero-order valence-electron chi connectivity index (χ0n) is 9.69. The van der Waals surface area contributed by atoms with Crippen molar-refractivity contribution in [3.8, 4) is 0 Å². The summed E-state index contributed by atoms with van der Waals surface area (Å²) in [5.74, 6) is 1.67. The van der Waals surface area contributed by atoms with E-state index in [0.717, 1.165) is 24.1 Å². The van der Waals surface area contributed by atoms with Gasteiger partial charge in [-0.1, -0.05) is 19.8 Å². The van der Waals surface area contributed by atoms with Gasteiger partial charge in [-0.05, 0) is 25.2 Å². The first-order valence-corrected chi connectivity index (χ1v) is 5.94. The maximum Gasteiger partial charge on any atom is 0.0948 e. The summed E-state index contributed by atoms with van der Waals surface area (Å²) in [6, 6.07) is 0.0872. The van der Waals surface area contributed by atoms with Gasteiger partial charge in [-0.2, -0.15) is 0 Å². The fraction of sp³-hybridized carbons (Fsp3) is 0.750. The topological polar surface area (TPSA) is 43.8 Å². The standard InChI is InChI=1S/C12H21N3/c1-9-4-3-5-11(9)7-15-8-14-6-12(15)10(2)13/h6,8-11H,3-5,7,13H2,1-2H3/t9?,10-,11?/m0/s1. The molecular weight excluding hydrogens is 186 g/mol. The van der Waals surface area contributed by atoms with Gasteiger partial charge in [-0.25, -0.2) is 4.98 Å². The molecule has 3 nitrogen and oxygen atoms in total. The largest absolute Gasteiger partial charge is 0.333 e. The highest BCUT2D eigenvalue weighted by Crippen LogP contribution is 2.32. The Balaban J connectivity index is 2.06. The first-order valence-electron chi connectivity index (χ1n) is 5.94. The maximum absolute atomic E-state index is 5.91. The Bertz CT molecular complexity index is 316. The van der Waals surface area contributed by atoms with Crippen LogP contribution in [-0.2, 0) is 6.54 Å². The second-order valence-electron chi connectivity index (χ2n) is 4.93. The van der Waals surface area contributed by atoms with E-state index in [9.17, 15) is 0 Å². The van der Waals surface area contributed by atoms with E-state index in [1.165, 1.54) is 19.3 Å². The van der Waals surface area contributed by atoms with Gasteiger partial charge in [0.05, 0.1) is 12.0 Å². The Morgan fingerprint density at radius 3 is 3.00 bits per heavy atom. The number of hydrogen-bond acceptors (Lipinski definition) is 2. The summed E-state index contributed by atoms with van der Waals surface area (Å²) in [4.78, 5) is 4.19. The van der Waals surface area contributed by atoms with Crippen molar-refractivity contribution in [2.45, 2.75) is 45.7 Å². The lowest BCUT2D eigenvalue weighted by Crippen LogP contribution is -2.17. The summed E-state index contributed by atoms with van der Waals surface area (Å²) in [6.45, 7) is 5.48. The van der Waals surface area contributed by atoms with E-state index in [1.54, 1.807) is 0 Å². The molecule has 0 amide bonds. The van der Waals surface area contributed by atoms with Gasteiger partial charge in [0, 0.05) is 18.8 Å². The Morgan fingerprint density at radius 1 is 1.60 bits per heavy atom. The molecule has 0 radical (unpaired) electrons. The van der Waals surface area contributed by atoms with Crippen LogP contribution in [0, 0.1) is 11.8 Å². The van der Waals surface area contributed by atoms with Gasteiger partial charge in [0.2, 0.25) is 0 Å². The van der Waals surface area contributed by atoms with Gasteiger partial charge >= 0.3 is 0 Å². The fourth-order valence-electron chi connectivity index (χ4n) is 2.61. The molecule has 0 aliphatic heterocycles. The number of nitrogens with two attached hydrogens (primary N) is 1. The van der Waals surface area contributed by atoms with Crippen molar-refractivity contribution < 1.29 is 0 Å². The minimum atomic E-state index is 0.0872. The highest BCUT2D eigenvalue weighted by molar-refractivity contribution is 5.03. The van der Waals surface area contributed by atoms with Gasteiger partial charge < -0.3 is 10.3 Å². The summed E-state index contributed by atoms with van der Waals surface area (Å²) in [5.41, 5.74) is 7.07. The van der Waals surface area contributed by atoms with E-state index in [1.807, 2.05) is 19.4 Å². The van der Waals surface area contributed by atoms with Crippen molar-refractivity contribution in [1.82, 2.24) is 9.55 Å². The van der Waals surface area contributed by atoms with Crippen LogP contribution in [-0.4, -0.2) is 9.55 Å². The molecule has 1 aromatic rings. The zero-order valence-corrected chi connectivity index (χ0v) is 9.69. The van der Waals surface area contributed by atoms with Crippen molar-refractivity contribution in [3.05, 3.63) is 18.2 Å². The van der Waals surface area contributed by atoms with Crippen molar-refractivity contribution in [2.24, 2.45) is 17.6 Å². The maximum atomic E-state index is 5.91. The van der Waals surface area contributed by atoms with E-state index in [4.69, 9.17) is 5.73 Å². The number of nitrogens with zero attached hydrogens (tertiary/aromatic N) is 2. The monoisotopic (exact) mass is 207 g/mol. The van der Waals surface area contributed by atoms with Gasteiger partial charge in [-0.3, -0.25) is 0 Å². The van der Waals surface area contributed by atoms with Crippen LogP contribution in [0.25, 0.3) is 0 Å². The molecule has 3 heteroatoms. The Kier molecular flexibility index (Phi) is 3.10. The number of aromatic nitrogens is 2. The average molecular weight is 207 g/mol. The zero-order chi connectivity index (χ0) is 10.8. The van der Waals surface area contributed by atoms with Crippen LogP contribution in [0.4, 0.5) is 0 Å². The second-order valence-corrected chi connectivity index (χ2v) is 4.93. The molecule has 84 valence electrons. The third-order valence-corrected chi connectivity index (χ3v) is 3.68. The van der Waals surface area contributed by atoms with Gasteiger partial charge in [0.25, 0.3) is 0 Å². The molecule has 1 aliphatic rings. The first-order chi connectivity index (χ1) is 7.18. The lowest BCUT2D eigenvalue weighted by Gasteiger charge is -2.18. The highest BCUT2D eigenvalue weighted by atomic mass is 15.1. The predicted octanol–water partition coefficient (Wildman–Crippen LogP) is 2.34. The molecule has 1 aromatic heterocycles. The van der Waals surface area contributed by atoms with Crippen molar-refractivity contribution in [3.63, 3.8) is 0 Å². The Labute approximate surface area is 91.7 Å². The SMILES string of the molecule is CC1CCCC1Cn1cncc1[C@H](C)N. The van der Waals surface area contributed by atoms with E-state index in [2.05, 4.69) is 16.5 Å². The van der Waals surface area contributed by atoms with Crippen LogP contribution >= 0.6 is 0 Å². The normalized spacial score (nSPS) is 28.2. The summed E-state index contributed by atoms with van der Waals surface area (Å²) in [7, 11) is 0. The minimum absolute atomic E-state index is 0.0872. The third kappa shape index (κ3) is 2.23. The van der Waals surface area contributed by atoms with Crippen molar-refractivity contribution in [1.29, 1.82) is 0 Å². The summed E-state index contributed by atoms with van der Waals surface area (Å²) in [6.07, 6.45) is 7.94. The molecule has 1 saturated carbocycles. The second kappa shape index (κ2) is 4.35. The van der Waals surface area contributed by atoms with Crippen LogP contribution in [0.2, 0.25) is 0 Å². The van der Waals surface area contributed by atoms with Gasteiger partial charge in [-0.15, -0.1) is 0 Å². The molecule has 2 rings (SSSR count). The van der Waals surface area contributed by atoms with E-state index >= 15 is 0 Å². The van der Waals surface area contributed by atoms with Crippen LogP contribution < -0.4 is 5.73 Å². The molecule has 1 heterocycles. The fourth-order valence-corrected chi connectivity index (χ4v) is 2.61.